The molecular formula is C16H23N7O. The molecular weight excluding hydrogens is 306 g/mol. The van der Waals surface area contributed by atoms with Gasteiger partial charge in [0.1, 0.15) is 6.33 Å². The first-order chi connectivity index (χ1) is 11.6. The highest BCUT2D eigenvalue weighted by molar-refractivity contribution is 5.74. The van der Waals surface area contributed by atoms with Crippen LogP contribution in [0.3, 0.4) is 0 Å². The van der Waals surface area contributed by atoms with Crippen LogP contribution in [0.2, 0.25) is 0 Å². The van der Waals surface area contributed by atoms with E-state index in [9.17, 15) is 4.79 Å². The fourth-order valence-corrected chi connectivity index (χ4v) is 2.88. The molecule has 1 fully saturated rings. The smallest absolute Gasteiger partial charge is 0.318 e. The van der Waals surface area contributed by atoms with Gasteiger partial charge in [0.05, 0.1) is 6.04 Å². The lowest BCUT2D eigenvalue weighted by Gasteiger charge is -2.35. The predicted molar refractivity (Wildman–Crippen MR) is 89.0 cm³/mol. The molecule has 1 saturated heterocycles. The van der Waals surface area contributed by atoms with Crippen molar-refractivity contribution in [3.05, 3.63) is 42.2 Å². The summed E-state index contributed by atoms with van der Waals surface area (Å²) in [6, 6.07) is 3.84. The van der Waals surface area contributed by atoms with Crippen LogP contribution in [0.15, 0.2) is 30.9 Å². The van der Waals surface area contributed by atoms with Crippen LogP contribution in [0.4, 0.5) is 4.79 Å². The first kappa shape index (κ1) is 16.4. The van der Waals surface area contributed by atoms with Crippen molar-refractivity contribution >= 4 is 6.03 Å². The number of nitrogens with zero attached hydrogens (tertiary/aromatic N) is 6. The molecule has 2 amide bonds. The Bertz CT molecular complexity index is 664. The van der Waals surface area contributed by atoms with Gasteiger partial charge in [-0.3, -0.25) is 9.88 Å². The molecule has 0 bridgehead atoms. The Morgan fingerprint density at radius 1 is 1.25 bits per heavy atom. The van der Waals surface area contributed by atoms with Gasteiger partial charge in [0.15, 0.2) is 5.82 Å². The molecule has 0 saturated carbocycles. The van der Waals surface area contributed by atoms with Crippen LogP contribution in [-0.4, -0.2) is 61.8 Å². The first-order valence-corrected chi connectivity index (χ1v) is 8.14. The molecule has 2 aromatic rings. The van der Waals surface area contributed by atoms with E-state index >= 15 is 0 Å². The molecule has 0 aromatic carbocycles. The third-order valence-electron chi connectivity index (χ3n) is 4.29. The van der Waals surface area contributed by atoms with Crippen LogP contribution < -0.4 is 5.32 Å². The zero-order chi connectivity index (χ0) is 16.9. The van der Waals surface area contributed by atoms with Gasteiger partial charge in [-0.15, -0.1) is 10.2 Å². The number of nitrogens with one attached hydrogen (secondary N) is 1. The second kappa shape index (κ2) is 7.39. The zero-order valence-corrected chi connectivity index (χ0v) is 14.1. The van der Waals surface area contributed by atoms with Crippen molar-refractivity contribution in [1.82, 2.24) is 34.9 Å². The molecule has 1 N–H and O–H groups in total. The second-order valence-electron chi connectivity index (χ2n) is 6.09. The summed E-state index contributed by atoms with van der Waals surface area (Å²) in [6.45, 7) is 6.00. The highest BCUT2D eigenvalue weighted by Crippen LogP contribution is 2.11. The lowest BCUT2D eigenvalue weighted by Crippen LogP contribution is -2.51. The molecule has 24 heavy (non-hydrogen) atoms. The van der Waals surface area contributed by atoms with Crippen molar-refractivity contribution in [3.8, 4) is 0 Å². The Morgan fingerprint density at radius 2 is 1.96 bits per heavy atom. The van der Waals surface area contributed by atoms with E-state index < -0.39 is 0 Å². The first-order valence-electron chi connectivity index (χ1n) is 8.14. The molecule has 8 heteroatoms. The van der Waals surface area contributed by atoms with Crippen molar-refractivity contribution in [2.24, 2.45) is 7.05 Å². The van der Waals surface area contributed by atoms with Crippen molar-refractivity contribution in [3.63, 3.8) is 0 Å². The summed E-state index contributed by atoms with van der Waals surface area (Å²) in [4.78, 5) is 20.7. The number of rotatable bonds is 4. The maximum absolute atomic E-state index is 12.4. The lowest BCUT2D eigenvalue weighted by molar-refractivity contribution is 0.133. The third-order valence-corrected chi connectivity index (χ3v) is 4.29. The average Bonchev–Trinajstić information content (AvgIpc) is 3.02. The summed E-state index contributed by atoms with van der Waals surface area (Å²) in [5.74, 6) is 0.750. The van der Waals surface area contributed by atoms with E-state index in [1.54, 1.807) is 6.33 Å². The molecule has 0 unspecified atom stereocenters. The van der Waals surface area contributed by atoms with Gasteiger partial charge in [-0.2, -0.15) is 0 Å². The number of aryl methyl sites for hydroxylation is 1. The monoisotopic (exact) mass is 329 g/mol. The number of amides is 2. The van der Waals surface area contributed by atoms with Crippen LogP contribution in [0.1, 0.15) is 24.4 Å². The molecule has 1 atom stereocenters. The zero-order valence-electron chi connectivity index (χ0n) is 14.1. The van der Waals surface area contributed by atoms with E-state index in [1.807, 2.05) is 48.0 Å². The summed E-state index contributed by atoms with van der Waals surface area (Å²) in [7, 11) is 1.87. The van der Waals surface area contributed by atoms with Gasteiger partial charge in [0.2, 0.25) is 0 Å². The molecule has 0 radical (unpaired) electrons. The Balaban J connectivity index is 1.47. The van der Waals surface area contributed by atoms with E-state index in [2.05, 4.69) is 25.4 Å². The number of urea groups is 1. The summed E-state index contributed by atoms with van der Waals surface area (Å²) in [5.41, 5.74) is 1.25. The van der Waals surface area contributed by atoms with Crippen LogP contribution in [0.5, 0.6) is 0 Å². The Hall–Kier alpha value is -2.48. The number of hydrogen-bond acceptors (Lipinski definition) is 5. The Morgan fingerprint density at radius 3 is 2.58 bits per heavy atom. The SMILES string of the molecule is C[C@H](NC(=O)N1CCN(Cc2ccncc2)CC1)c1nncn1C. The highest BCUT2D eigenvalue weighted by Gasteiger charge is 2.23. The molecule has 1 aliphatic heterocycles. The standard InChI is InChI=1S/C16H23N7O/c1-13(15-20-18-12-21(15)2)19-16(24)23-9-7-22(8-10-23)11-14-3-5-17-6-4-14/h3-6,12-13H,7-11H2,1-2H3,(H,19,24)/t13-/m0/s1. The molecule has 8 nitrogen and oxygen atoms in total. The molecule has 2 aromatic heterocycles. The maximum atomic E-state index is 12.4. The quantitative estimate of drug-likeness (QED) is 0.897. The fraction of sp³-hybridized carbons (Fsp3) is 0.500. The Kier molecular flexibility index (Phi) is 5.05. The summed E-state index contributed by atoms with van der Waals surface area (Å²) in [5, 5.41) is 10.9. The number of pyridine rings is 1. The van der Waals surface area contributed by atoms with Gasteiger partial charge in [-0.25, -0.2) is 4.79 Å². The number of carbonyl (C=O) groups is 1. The molecule has 3 rings (SSSR count). The van der Waals surface area contributed by atoms with E-state index in [4.69, 9.17) is 0 Å². The van der Waals surface area contributed by atoms with Crippen molar-refractivity contribution in [2.75, 3.05) is 26.2 Å². The van der Waals surface area contributed by atoms with Gasteiger partial charge in [0, 0.05) is 52.2 Å². The van der Waals surface area contributed by atoms with Gasteiger partial charge in [-0.05, 0) is 24.6 Å². The van der Waals surface area contributed by atoms with Crippen LogP contribution in [0.25, 0.3) is 0 Å². The van der Waals surface area contributed by atoms with E-state index in [1.165, 1.54) is 5.56 Å². The van der Waals surface area contributed by atoms with Gasteiger partial charge in [0.25, 0.3) is 0 Å². The van der Waals surface area contributed by atoms with E-state index in [0.717, 1.165) is 38.5 Å². The Labute approximate surface area is 141 Å². The topological polar surface area (TPSA) is 79.2 Å². The number of aromatic nitrogens is 4. The summed E-state index contributed by atoms with van der Waals surface area (Å²) < 4.78 is 1.82. The number of carbonyl (C=O) groups excluding carboxylic acids is 1. The fourth-order valence-electron chi connectivity index (χ4n) is 2.88. The third kappa shape index (κ3) is 3.88. The van der Waals surface area contributed by atoms with Crippen molar-refractivity contribution in [1.29, 1.82) is 0 Å². The predicted octanol–water partition coefficient (Wildman–Crippen LogP) is 0.798. The molecule has 0 aliphatic carbocycles. The minimum Gasteiger partial charge on any atom is -0.328 e. The molecule has 128 valence electrons. The van der Waals surface area contributed by atoms with Crippen molar-refractivity contribution < 1.29 is 4.79 Å². The van der Waals surface area contributed by atoms with Gasteiger partial charge in [-0.1, -0.05) is 0 Å². The summed E-state index contributed by atoms with van der Waals surface area (Å²) >= 11 is 0. The van der Waals surface area contributed by atoms with Gasteiger partial charge >= 0.3 is 6.03 Å². The minimum atomic E-state index is -0.167. The minimum absolute atomic E-state index is 0.0472. The van der Waals surface area contributed by atoms with Crippen LogP contribution in [0, 0.1) is 0 Å². The van der Waals surface area contributed by atoms with E-state index in [0.29, 0.717) is 0 Å². The number of piperazine rings is 1. The maximum Gasteiger partial charge on any atom is 0.318 e. The van der Waals surface area contributed by atoms with Crippen molar-refractivity contribution in [2.45, 2.75) is 19.5 Å². The second-order valence-corrected chi connectivity index (χ2v) is 6.09. The van der Waals surface area contributed by atoms with Gasteiger partial charge < -0.3 is 14.8 Å². The van der Waals surface area contributed by atoms with E-state index in [-0.39, 0.29) is 12.1 Å². The summed E-state index contributed by atoms with van der Waals surface area (Å²) in [6.07, 6.45) is 5.26. The average molecular weight is 329 g/mol. The molecule has 3 heterocycles. The molecule has 1 aliphatic rings. The normalized spacial score (nSPS) is 16.8. The largest absolute Gasteiger partial charge is 0.328 e. The lowest BCUT2D eigenvalue weighted by atomic mass is 10.2. The highest BCUT2D eigenvalue weighted by atomic mass is 16.2. The van der Waals surface area contributed by atoms with Crippen LogP contribution in [-0.2, 0) is 13.6 Å². The number of hydrogen-bond donors (Lipinski definition) is 1. The molecule has 0 spiro atoms. The van der Waals surface area contributed by atoms with Crippen LogP contribution >= 0.6 is 0 Å².